The van der Waals surface area contributed by atoms with Crippen LogP contribution in [0.5, 0.6) is 0 Å². The van der Waals surface area contributed by atoms with Crippen molar-refractivity contribution in [3.05, 3.63) is 94.3 Å². The van der Waals surface area contributed by atoms with Gasteiger partial charge in [-0.2, -0.15) is 4.57 Å². The van der Waals surface area contributed by atoms with Crippen LogP contribution in [0.15, 0.2) is 67.0 Å². The minimum Gasteiger partial charge on any atom is -0.502 e. The number of pyridine rings is 1. The normalized spacial score (nSPS) is 11.7. The van der Waals surface area contributed by atoms with Gasteiger partial charge in [0.1, 0.15) is 0 Å². The van der Waals surface area contributed by atoms with E-state index in [1.165, 1.54) is 0 Å². The van der Waals surface area contributed by atoms with Gasteiger partial charge >= 0.3 is 0 Å². The average Bonchev–Trinajstić information content (AvgIpc) is 2.65. The summed E-state index contributed by atoms with van der Waals surface area (Å²) in [6.45, 7) is 6.05. The van der Waals surface area contributed by atoms with E-state index in [0.29, 0.717) is 21.3 Å². The first-order valence-corrected chi connectivity index (χ1v) is 9.70. The van der Waals surface area contributed by atoms with Crippen LogP contribution in [-0.2, 0) is 0 Å². The van der Waals surface area contributed by atoms with Crippen molar-refractivity contribution in [3.63, 3.8) is 0 Å². The molecule has 0 bridgehead atoms. The molecule has 0 aliphatic carbocycles. The van der Waals surface area contributed by atoms with E-state index in [1.54, 1.807) is 24.3 Å². The fraction of sp³-hybridized carbons (Fsp3) is 0.130. The molecule has 0 spiro atoms. The number of nitrogens with one attached hydrogen (secondary N) is 1. The van der Waals surface area contributed by atoms with Crippen molar-refractivity contribution < 1.29 is 9.67 Å². The van der Waals surface area contributed by atoms with Crippen LogP contribution in [0.4, 0.5) is 5.69 Å². The van der Waals surface area contributed by atoms with Gasteiger partial charge in [-0.05, 0) is 62.2 Å². The molecule has 0 atom stereocenters. The Kier molecular flexibility index (Phi) is 6.12. The number of aliphatic hydroxyl groups is 1. The van der Waals surface area contributed by atoms with Crippen LogP contribution in [0.3, 0.4) is 0 Å². The summed E-state index contributed by atoms with van der Waals surface area (Å²) in [6, 6.07) is 17.0. The highest BCUT2D eigenvalue weighted by Crippen LogP contribution is 2.24. The Balaban J connectivity index is 2.12. The standard InChI is InChI=1S/C23H21ClN2OS/c1-15-6-5-13-26(14-15)21(22(27)18-9-11-19(24)12-10-18)23(28)25-20-16(2)7-4-8-17(20)3/h4-14H,1-3H3,(H-,25,27,28)/p+1. The zero-order chi connectivity index (χ0) is 20.3. The number of aromatic nitrogens is 1. The molecule has 28 heavy (non-hydrogen) atoms. The van der Waals surface area contributed by atoms with Gasteiger partial charge in [0.15, 0.2) is 23.1 Å². The number of benzene rings is 2. The van der Waals surface area contributed by atoms with Gasteiger partial charge in [-0.15, -0.1) is 0 Å². The smallest absolute Gasteiger partial charge is 0.288 e. The average molecular weight is 410 g/mol. The van der Waals surface area contributed by atoms with Crippen LogP contribution in [0.2, 0.25) is 5.02 Å². The van der Waals surface area contributed by atoms with Gasteiger partial charge in [-0.25, -0.2) is 0 Å². The van der Waals surface area contributed by atoms with Crippen LogP contribution in [0.25, 0.3) is 11.5 Å². The maximum Gasteiger partial charge on any atom is 0.288 e. The number of hydrogen-bond acceptors (Lipinski definition) is 2. The highest BCUT2D eigenvalue weighted by Gasteiger charge is 2.24. The molecule has 0 unspecified atom stereocenters. The SMILES string of the molecule is Cc1ccc[n+](C(C(=S)Nc2c(C)cccc2C)=C(O)c2ccc(Cl)cc2)c1. The van der Waals surface area contributed by atoms with Gasteiger partial charge in [0.05, 0.1) is 0 Å². The van der Waals surface area contributed by atoms with Crippen LogP contribution in [-0.4, -0.2) is 10.1 Å². The minimum atomic E-state index is 0.0796. The first kappa shape index (κ1) is 20.1. The molecule has 3 nitrogen and oxygen atoms in total. The van der Waals surface area contributed by atoms with Crippen molar-refractivity contribution in [2.75, 3.05) is 5.32 Å². The molecular weight excluding hydrogens is 388 g/mol. The zero-order valence-electron chi connectivity index (χ0n) is 16.0. The van der Waals surface area contributed by atoms with Crippen LogP contribution >= 0.6 is 23.8 Å². The lowest BCUT2D eigenvalue weighted by molar-refractivity contribution is -0.576. The topological polar surface area (TPSA) is 36.1 Å². The maximum atomic E-state index is 11.1. The van der Waals surface area contributed by atoms with Gasteiger partial charge in [0, 0.05) is 27.9 Å². The van der Waals surface area contributed by atoms with E-state index in [1.807, 2.05) is 68.1 Å². The molecule has 1 aromatic heterocycles. The molecule has 0 amide bonds. The molecule has 0 radical (unpaired) electrons. The number of aryl methyl sites for hydroxylation is 3. The fourth-order valence-corrected chi connectivity index (χ4v) is 3.44. The molecule has 1 heterocycles. The molecule has 3 rings (SSSR count). The number of halogens is 1. The summed E-state index contributed by atoms with van der Waals surface area (Å²) >= 11 is 11.7. The van der Waals surface area contributed by atoms with Gasteiger partial charge in [0.25, 0.3) is 5.70 Å². The molecule has 5 heteroatoms. The highest BCUT2D eigenvalue weighted by atomic mass is 35.5. The molecule has 2 aromatic carbocycles. The number of nitrogens with zero attached hydrogens (tertiary/aromatic N) is 1. The number of aliphatic hydroxyl groups excluding tert-OH is 1. The van der Waals surface area contributed by atoms with E-state index in [9.17, 15) is 5.11 Å². The van der Waals surface area contributed by atoms with Crippen molar-refractivity contribution in [2.45, 2.75) is 20.8 Å². The van der Waals surface area contributed by atoms with Crippen molar-refractivity contribution in [3.8, 4) is 0 Å². The summed E-state index contributed by atoms with van der Waals surface area (Å²) in [4.78, 5) is 0.431. The van der Waals surface area contributed by atoms with E-state index in [0.717, 1.165) is 22.4 Å². The Bertz CT molecular complexity index is 1040. The lowest BCUT2D eigenvalue weighted by Gasteiger charge is -2.14. The van der Waals surface area contributed by atoms with E-state index in [-0.39, 0.29) is 5.76 Å². The first-order valence-electron chi connectivity index (χ1n) is 8.92. The molecule has 0 saturated carbocycles. The largest absolute Gasteiger partial charge is 0.502 e. The van der Waals surface area contributed by atoms with Crippen molar-refractivity contribution >= 4 is 46.0 Å². The Morgan fingerprint density at radius 1 is 0.964 bits per heavy atom. The molecule has 142 valence electrons. The summed E-state index contributed by atoms with van der Waals surface area (Å²) in [5.74, 6) is 0.0796. The number of anilines is 1. The van der Waals surface area contributed by atoms with Crippen LogP contribution < -0.4 is 9.88 Å². The molecule has 0 saturated heterocycles. The Labute approximate surface area is 175 Å². The molecule has 0 fully saturated rings. The number of hydrogen-bond donors (Lipinski definition) is 2. The first-order chi connectivity index (χ1) is 13.4. The van der Waals surface area contributed by atoms with Crippen molar-refractivity contribution in [1.82, 2.24) is 0 Å². The third-order valence-corrected chi connectivity index (χ3v) is 5.03. The zero-order valence-corrected chi connectivity index (χ0v) is 17.6. The fourth-order valence-electron chi connectivity index (χ4n) is 3.01. The number of para-hydroxylation sites is 1. The van der Waals surface area contributed by atoms with Gasteiger partial charge in [0.2, 0.25) is 0 Å². The predicted molar refractivity (Wildman–Crippen MR) is 121 cm³/mol. The molecule has 0 aliphatic heterocycles. The summed E-state index contributed by atoms with van der Waals surface area (Å²) in [6.07, 6.45) is 3.80. The Morgan fingerprint density at radius 2 is 1.61 bits per heavy atom. The quantitative estimate of drug-likeness (QED) is 0.244. The van der Waals surface area contributed by atoms with Gasteiger partial charge < -0.3 is 10.4 Å². The van der Waals surface area contributed by atoms with Crippen molar-refractivity contribution in [2.24, 2.45) is 0 Å². The highest BCUT2D eigenvalue weighted by molar-refractivity contribution is 7.81. The minimum absolute atomic E-state index is 0.0796. The van der Waals surface area contributed by atoms with E-state index >= 15 is 0 Å². The second kappa shape index (κ2) is 8.55. The summed E-state index contributed by atoms with van der Waals surface area (Å²) in [7, 11) is 0. The third-order valence-electron chi connectivity index (χ3n) is 4.48. The van der Waals surface area contributed by atoms with Crippen LogP contribution in [0, 0.1) is 20.8 Å². The monoisotopic (exact) mass is 409 g/mol. The predicted octanol–water partition coefficient (Wildman–Crippen LogP) is 5.88. The number of thiocarbonyl (C=S) groups is 1. The molecule has 3 aromatic rings. The Hall–Kier alpha value is -2.69. The number of rotatable bonds is 4. The van der Waals surface area contributed by atoms with Gasteiger partial charge in [-0.3, -0.25) is 0 Å². The van der Waals surface area contributed by atoms with E-state index in [2.05, 4.69) is 5.32 Å². The van der Waals surface area contributed by atoms with E-state index in [4.69, 9.17) is 23.8 Å². The molecular formula is C23H22ClN2OS+. The summed E-state index contributed by atoms with van der Waals surface area (Å²) in [5, 5.41) is 15.0. The second-order valence-electron chi connectivity index (χ2n) is 6.71. The maximum absolute atomic E-state index is 11.1. The molecule has 0 aliphatic rings. The Morgan fingerprint density at radius 3 is 2.21 bits per heavy atom. The van der Waals surface area contributed by atoms with Crippen molar-refractivity contribution in [1.29, 1.82) is 0 Å². The van der Waals surface area contributed by atoms with Gasteiger partial charge in [-0.1, -0.05) is 42.0 Å². The van der Waals surface area contributed by atoms with E-state index < -0.39 is 0 Å². The third kappa shape index (κ3) is 4.41. The summed E-state index contributed by atoms with van der Waals surface area (Å²) < 4.78 is 1.84. The van der Waals surface area contributed by atoms with Crippen LogP contribution in [0.1, 0.15) is 22.3 Å². The lowest BCUT2D eigenvalue weighted by Crippen LogP contribution is -2.39. The summed E-state index contributed by atoms with van der Waals surface area (Å²) in [5.41, 5.74) is 5.31. The lowest BCUT2D eigenvalue weighted by atomic mass is 10.1. The second-order valence-corrected chi connectivity index (χ2v) is 7.56. The molecule has 2 N–H and O–H groups in total.